The van der Waals surface area contributed by atoms with Crippen molar-refractivity contribution in [3.05, 3.63) is 58.0 Å². The molecule has 4 rings (SSSR count). The Hall–Kier alpha value is -3.80. The Morgan fingerprint density at radius 3 is 2.56 bits per heavy atom. The highest BCUT2D eigenvalue weighted by Crippen LogP contribution is 2.46. The van der Waals surface area contributed by atoms with Crippen LogP contribution >= 0.6 is 11.6 Å². The minimum Gasteiger partial charge on any atom is -0.449 e. The van der Waals surface area contributed by atoms with Gasteiger partial charge in [-0.1, -0.05) is 11.6 Å². The van der Waals surface area contributed by atoms with Gasteiger partial charge in [0.2, 0.25) is 5.79 Å². The average Bonchev–Trinajstić information content (AvgIpc) is 3.31. The third-order valence-corrected chi connectivity index (χ3v) is 5.16. The number of aromatic nitrogens is 3. The molecule has 0 unspecified atom stereocenters. The molecule has 0 saturated heterocycles. The zero-order chi connectivity index (χ0) is 25.0. The molecule has 34 heavy (non-hydrogen) atoms. The molecule has 9 nitrogen and oxygen atoms in total. The number of halogens is 4. The summed E-state index contributed by atoms with van der Waals surface area (Å²) in [6.07, 6.45) is -3.56. The first-order valence-electron chi connectivity index (χ1n) is 9.73. The highest BCUT2D eigenvalue weighted by molar-refractivity contribution is 6.32. The van der Waals surface area contributed by atoms with Gasteiger partial charge in [0.1, 0.15) is 5.69 Å². The lowest BCUT2D eigenvalue weighted by Crippen LogP contribution is -2.29. The van der Waals surface area contributed by atoms with Gasteiger partial charge < -0.3 is 20.5 Å². The number of amides is 2. The SMILES string of the molecule is Cc1c(NC(=O)c2cc(C(F)(F)F)nn2-c2ncccc2Cl)c(C(N)=O)cc2c1OC(C)(C)O2. The van der Waals surface area contributed by atoms with Crippen LogP contribution in [-0.2, 0) is 6.18 Å². The van der Waals surface area contributed by atoms with Gasteiger partial charge in [0.25, 0.3) is 11.8 Å². The van der Waals surface area contributed by atoms with Crippen molar-refractivity contribution < 1.29 is 32.2 Å². The van der Waals surface area contributed by atoms with E-state index in [2.05, 4.69) is 15.4 Å². The predicted molar refractivity (Wildman–Crippen MR) is 114 cm³/mol. The number of nitrogens with two attached hydrogens (primary N) is 1. The van der Waals surface area contributed by atoms with E-state index in [9.17, 15) is 22.8 Å². The third-order valence-electron chi connectivity index (χ3n) is 4.86. The van der Waals surface area contributed by atoms with Gasteiger partial charge in [0, 0.05) is 31.7 Å². The second-order valence-corrected chi connectivity index (χ2v) is 8.21. The van der Waals surface area contributed by atoms with Crippen LogP contribution < -0.4 is 20.5 Å². The molecule has 1 aromatic carbocycles. The molecule has 0 aliphatic carbocycles. The number of pyridine rings is 1. The Kier molecular flexibility index (Phi) is 5.43. The number of benzene rings is 1. The van der Waals surface area contributed by atoms with Gasteiger partial charge in [-0.2, -0.15) is 18.3 Å². The largest absolute Gasteiger partial charge is 0.449 e. The number of fused-ring (bicyclic) bond motifs is 1. The number of anilines is 1. The summed E-state index contributed by atoms with van der Waals surface area (Å²) in [4.78, 5) is 29.2. The van der Waals surface area contributed by atoms with Gasteiger partial charge >= 0.3 is 6.18 Å². The highest BCUT2D eigenvalue weighted by atomic mass is 35.5. The molecule has 1 aliphatic rings. The van der Waals surface area contributed by atoms with Crippen molar-refractivity contribution in [1.82, 2.24) is 14.8 Å². The summed E-state index contributed by atoms with van der Waals surface area (Å²) < 4.78 is 52.2. The number of carbonyl (C=O) groups is 2. The van der Waals surface area contributed by atoms with Gasteiger partial charge in [-0.3, -0.25) is 9.59 Å². The standard InChI is InChI=1S/C21H17ClF3N5O4/c1-9-15(10(17(26)31)7-13-16(9)34-20(2,3)33-13)28-19(32)12-8-14(21(23,24)25)29-30(12)18-11(22)5-4-6-27-18/h4-8H,1-3H3,(H2,26,31)(H,28,32). The second-order valence-electron chi connectivity index (χ2n) is 7.81. The summed E-state index contributed by atoms with van der Waals surface area (Å²) in [7, 11) is 0. The van der Waals surface area contributed by atoms with Crippen LogP contribution in [0.1, 0.15) is 46.0 Å². The average molecular weight is 496 g/mol. The highest BCUT2D eigenvalue weighted by Gasteiger charge is 2.38. The molecule has 3 heterocycles. The van der Waals surface area contributed by atoms with Crippen LogP contribution in [0.5, 0.6) is 11.5 Å². The van der Waals surface area contributed by atoms with E-state index in [4.69, 9.17) is 26.8 Å². The predicted octanol–water partition coefficient (Wildman–Crippen LogP) is 4.11. The molecule has 13 heteroatoms. The summed E-state index contributed by atoms with van der Waals surface area (Å²) in [5, 5.41) is 5.90. The Bertz CT molecular complexity index is 1340. The topological polar surface area (TPSA) is 121 Å². The minimum atomic E-state index is -4.85. The Balaban J connectivity index is 1.82. The number of primary amides is 1. The molecule has 0 radical (unpaired) electrons. The number of nitrogens with one attached hydrogen (secondary N) is 1. The number of hydrogen-bond acceptors (Lipinski definition) is 6. The first-order valence-corrected chi connectivity index (χ1v) is 10.1. The fourth-order valence-corrected chi connectivity index (χ4v) is 3.61. The van der Waals surface area contributed by atoms with E-state index < -0.39 is 35.2 Å². The normalized spacial score (nSPS) is 14.2. The van der Waals surface area contributed by atoms with Gasteiger partial charge in [0.05, 0.1) is 16.3 Å². The van der Waals surface area contributed by atoms with Crippen LogP contribution in [-0.4, -0.2) is 32.4 Å². The fourth-order valence-electron chi connectivity index (χ4n) is 3.41. The smallest absolute Gasteiger partial charge is 0.435 e. The fraction of sp³-hybridized carbons (Fsp3) is 0.238. The molecule has 178 valence electrons. The molecule has 0 fully saturated rings. The third kappa shape index (κ3) is 4.12. The van der Waals surface area contributed by atoms with Crippen molar-refractivity contribution in [2.75, 3.05) is 5.32 Å². The number of nitrogens with zero attached hydrogens (tertiary/aromatic N) is 3. The summed E-state index contributed by atoms with van der Waals surface area (Å²) in [6, 6.07) is 4.70. The van der Waals surface area contributed by atoms with Crippen LogP contribution in [0.25, 0.3) is 5.82 Å². The van der Waals surface area contributed by atoms with Crippen molar-refractivity contribution in [3.63, 3.8) is 0 Å². The van der Waals surface area contributed by atoms with Gasteiger partial charge in [-0.25, -0.2) is 9.67 Å². The van der Waals surface area contributed by atoms with E-state index in [-0.39, 0.29) is 33.6 Å². The molecule has 3 N–H and O–H groups in total. The van der Waals surface area contributed by atoms with Crippen LogP contribution in [0.3, 0.4) is 0 Å². The molecule has 0 atom stereocenters. The Morgan fingerprint density at radius 2 is 1.94 bits per heavy atom. The Labute approximate surface area is 195 Å². The first kappa shape index (κ1) is 23.4. The summed E-state index contributed by atoms with van der Waals surface area (Å²) in [5.74, 6) is -2.66. The lowest BCUT2D eigenvalue weighted by Gasteiger charge is -2.17. The van der Waals surface area contributed by atoms with Gasteiger partial charge in [0.15, 0.2) is 23.0 Å². The molecule has 1 aliphatic heterocycles. The van der Waals surface area contributed by atoms with Crippen molar-refractivity contribution in [1.29, 1.82) is 0 Å². The minimum absolute atomic E-state index is 0.0345. The molecular weight excluding hydrogens is 479 g/mol. The zero-order valence-corrected chi connectivity index (χ0v) is 18.7. The molecule has 0 spiro atoms. The molecule has 0 bridgehead atoms. The van der Waals surface area contributed by atoms with Crippen LogP contribution in [0.2, 0.25) is 5.02 Å². The first-order chi connectivity index (χ1) is 15.8. The van der Waals surface area contributed by atoms with E-state index >= 15 is 0 Å². The van der Waals surface area contributed by atoms with Gasteiger partial charge in [-0.05, 0) is 25.1 Å². The maximum atomic E-state index is 13.4. The number of hydrogen-bond donors (Lipinski definition) is 2. The molecule has 2 amide bonds. The van der Waals surface area contributed by atoms with Crippen LogP contribution in [0.4, 0.5) is 18.9 Å². The van der Waals surface area contributed by atoms with E-state index in [1.807, 2.05) is 0 Å². The Morgan fingerprint density at radius 1 is 1.24 bits per heavy atom. The van der Waals surface area contributed by atoms with E-state index in [0.29, 0.717) is 16.3 Å². The monoisotopic (exact) mass is 495 g/mol. The quantitative estimate of drug-likeness (QED) is 0.562. The molecular formula is C21H17ClF3N5O4. The van der Waals surface area contributed by atoms with E-state index in [0.717, 1.165) is 0 Å². The zero-order valence-electron chi connectivity index (χ0n) is 18.0. The van der Waals surface area contributed by atoms with Crippen molar-refractivity contribution in [2.45, 2.75) is 32.7 Å². The molecule has 2 aromatic heterocycles. The van der Waals surface area contributed by atoms with Crippen molar-refractivity contribution >= 4 is 29.1 Å². The van der Waals surface area contributed by atoms with E-state index in [1.165, 1.54) is 24.4 Å². The molecule has 0 saturated carbocycles. The second kappa shape index (κ2) is 7.90. The molecule has 3 aromatic rings. The van der Waals surface area contributed by atoms with Gasteiger partial charge in [-0.15, -0.1) is 0 Å². The number of carbonyl (C=O) groups excluding carboxylic acids is 2. The lowest BCUT2D eigenvalue weighted by atomic mass is 10.0. The summed E-state index contributed by atoms with van der Waals surface area (Å²) in [5.41, 5.74) is 3.74. The van der Waals surface area contributed by atoms with E-state index in [1.54, 1.807) is 20.8 Å². The maximum Gasteiger partial charge on any atom is 0.435 e. The lowest BCUT2D eigenvalue weighted by molar-refractivity contribution is -0.141. The van der Waals surface area contributed by atoms with Crippen LogP contribution in [0, 0.1) is 6.92 Å². The number of ether oxygens (including phenoxy) is 2. The van der Waals surface area contributed by atoms with Crippen molar-refractivity contribution in [2.24, 2.45) is 5.73 Å². The summed E-state index contributed by atoms with van der Waals surface area (Å²) >= 11 is 6.07. The van der Waals surface area contributed by atoms with Crippen molar-refractivity contribution in [3.8, 4) is 17.3 Å². The van der Waals surface area contributed by atoms with Crippen LogP contribution in [0.15, 0.2) is 30.5 Å². The maximum absolute atomic E-state index is 13.4. The number of rotatable bonds is 4. The summed E-state index contributed by atoms with van der Waals surface area (Å²) in [6.45, 7) is 4.82. The number of alkyl halides is 3.